The molecule has 1 aromatic heterocycles. The van der Waals surface area contributed by atoms with Crippen molar-refractivity contribution in [1.29, 1.82) is 0 Å². The van der Waals surface area contributed by atoms with Gasteiger partial charge in [0, 0.05) is 53.3 Å². The standard InChI is InChI=1S/C16H28N4O/c1-17-15(18-11-14-5-9-20(2)12-14)19-13-16(6-4-7-16)8-10-21-3/h5,9,12H,4,6-8,10-11,13H2,1-3H3,(H2,17,18,19). The normalized spacial score (nSPS) is 17.4. The Labute approximate surface area is 127 Å². The van der Waals surface area contributed by atoms with Crippen molar-refractivity contribution in [3.63, 3.8) is 0 Å². The number of aliphatic imine (C=N–C) groups is 1. The maximum atomic E-state index is 5.24. The molecule has 0 amide bonds. The minimum Gasteiger partial charge on any atom is -0.385 e. The molecule has 118 valence electrons. The van der Waals surface area contributed by atoms with Crippen LogP contribution in [-0.4, -0.2) is 37.8 Å². The molecular weight excluding hydrogens is 264 g/mol. The Kier molecular flexibility index (Phi) is 5.67. The third kappa shape index (κ3) is 4.49. The number of aromatic nitrogens is 1. The molecule has 0 radical (unpaired) electrons. The van der Waals surface area contributed by atoms with E-state index in [1.165, 1.54) is 24.8 Å². The number of methoxy groups -OCH3 is 1. The van der Waals surface area contributed by atoms with E-state index >= 15 is 0 Å². The fraction of sp³-hybridized carbons (Fsp3) is 0.688. The quantitative estimate of drug-likeness (QED) is 0.596. The van der Waals surface area contributed by atoms with Crippen LogP contribution in [-0.2, 0) is 18.3 Å². The van der Waals surface area contributed by atoms with Crippen molar-refractivity contribution >= 4 is 5.96 Å². The van der Waals surface area contributed by atoms with Gasteiger partial charge < -0.3 is 19.9 Å². The first-order chi connectivity index (χ1) is 10.2. The molecule has 5 nitrogen and oxygen atoms in total. The zero-order chi connectivity index (χ0) is 15.1. The summed E-state index contributed by atoms with van der Waals surface area (Å²) in [6.45, 7) is 2.62. The highest BCUT2D eigenvalue weighted by atomic mass is 16.5. The molecular formula is C16H28N4O. The van der Waals surface area contributed by atoms with Gasteiger partial charge in [0.15, 0.2) is 5.96 Å². The van der Waals surface area contributed by atoms with E-state index in [1.807, 2.05) is 14.1 Å². The van der Waals surface area contributed by atoms with E-state index in [0.717, 1.165) is 32.1 Å². The second kappa shape index (κ2) is 7.50. The molecule has 0 aliphatic heterocycles. The average Bonchev–Trinajstić information content (AvgIpc) is 2.86. The molecule has 0 unspecified atom stereocenters. The van der Waals surface area contributed by atoms with Crippen LogP contribution in [0, 0.1) is 5.41 Å². The van der Waals surface area contributed by atoms with Gasteiger partial charge in [-0.15, -0.1) is 0 Å². The molecule has 21 heavy (non-hydrogen) atoms. The summed E-state index contributed by atoms with van der Waals surface area (Å²) in [7, 11) is 5.63. The zero-order valence-corrected chi connectivity index (χ0v) is 13.5. The molecule has 1 fully saturated rings. The summed E-state index contributed by atoms with van der Waals surface area (Å²) in [6, 6.07) is 2.12. The lowest BCUT2D eigenvalue weighted by molar-refractivity contribution is 0.0732. The first-order valence-electron chi connectivity index (χ1n) is 7.72. The van der Waals surface area contributed by atoms with Gasteiger partial charge in [0.25, 0.3) is 0 Å². The summed E-state index contributed by atoms with van der Waals surface area (Å²) in [6.07, 6.45) is 9.22. The molecule has 2 rings (SSSR count). The monoisotopic (exact) mass is 292 g/mol. The Morgan fingerprint density at radius 1 is 1.43 bits per heavy atom. The summed E-state index contributed by atoms with van der Waals surface area (Å²) in [5.74, 6) is 0.877. The third-order valence-corrected chi connectivity index (χ3v) is 4.46. The summed E-state index contributed by atoms with van der Waals surface area (Å²) in [5.41, 5.74) is 1.67. The minimum absolute atomic E-state index is 0.403. The van der Waals surface area contributed by atoms with Crippen molar-refractivity contribution < 1.29 is 4.74 Å². The van der Waals surface area contributed by atoms with E-state index in [-0.39, 0.29) is 0 Å². The van der Waals surface area contributed by atoms with Crippen LogP contribution in [0.1, 0.15) is 31.2 Å². The van der Waals surface area contributed by atoms with Gasteiger partial charge in [0.05, 0.1) is 0 Å². The number of nitrogens with zero attached hydrogens (tertiary/aromatic N) is 2. The molecule has 1 heterocycles. The molecule has 0 saturated heterocycles. The first kappa shape index (κ1) is 15.9. The van der Waals surface area contributed by atoms with Crippen molar-refractivity contribution in [2.75, 3.05) is 27.3 Å². The Morgan fingerprint density at radius 3 is 2.76 bits per heavy atom. The van der Waals surface area contributed by atoms with E-state index < -0.39 is 0 Å². The van der Waals surface area contributed by atoms with Crippen LogP contribution in [0.2, 0.25) is 0 Å². The number of aryl methyl sites for hydroxylation is 1. The molecule has 2 N–H and O–H groups in total. The topological polar surface area (TPSA) is 50.6 Å². The van der Waals surface area contributed by atoms with Crippen LogP contribution in [0.5, 0.6) is 0 Å². The van der Waals surface area contributed by atoms with Gasteiger partial charge in [-0.05, 0) is 36.3 Å². The van der Waals surface area contributed by atoms with Gasteiger partial charge >= 0.3 is 0 Å². The van der Waals surface area contributed by atoms with Gasteiger partial charge in [0.2, 0.25) is 0 Å². The summed E-state index contributed by atoms with van der Waals surface area (Å²) < 4.78 is 7.29. The third-order valence-electron chi connectivity index (χ3n) is 4.46. The van der Waals surface area contributed by atoms with Gasteiger partial charge in [-0.3, -0.25) is 4.99 Å². The summed E-state index contributed by atoms with van der Waals surface area (Å²) in [5, 5.41) is 6.84. The van der Waals surface area contributed by atoms with E-state index in [0.29, 0.717) is 5.41 Å². The Hall–Kier alpha value is -1.49. The largest absolute Gasteiger partial charge is 0.385 e. The smallest absolute Gasteiger partial charge is 0.191 e. The molecule has 1 aromatic rings. The Morgan fingerprint density at radius 2 is 2.24 bits per heavy atom. The lowest BCUT2D eigenvalue weighted by atomic mass is 9.67. The van der Waals surface area contributed by atoms with Crippen LogP contribution in [0.25, 0.3) is 0 Å². The summed E-state index contributed by atoms with van der Waals surface area (Å²) >= 11 is 0. The Balaban J connectivity index is 1.77. The van der Waals surface area contributed by atoms with E-state index in [9.17, 15) is 0 Å². The molecule has 1 aliphatic rings. The highest BCUT2D eigenvalue weighted by Crippen LogP contribution is 2.43. The SMILES string of the molecule is CN=C(NCc1ccn(C)c1)NCC1(CCOC)CCC1. The van der Waals surface area contributed by atoms with Crippen LogP contribution in [0.15, 0.2) is 23.5 Å². The Bertz CT molecular complexity index is 463. The van der Waals surface area contributed by atoms with Crippen LogP contribution >= 0.6 is 0 Å². The maximum absolute atomic E-state index is 5.24. The van der Waals surface area contributed by atoms with Gasteiger partial charge in [-0.25, -0.2) is 0 Å². The van der Waals surface area contributed by atoms with Crippen molar-refractivity contribution in [2.45, 2.75) is 32.2 Å². The van der Waals surface area contributed by atoms with E-state index in [2.05, 4.69) is 38.7 Å². The number of hydrogen-bond acceptors (Lipinski definition) is 2. The average molecular weight is 292 g/mol. The first-order valence-corrected chi connectivity index (χ1v) is 7.72. The molecule has 5 heteroatoms. The number of rotatable bonds is 7. The second-order valence-corrected chi connectivity index (χ2v) is 6.06. The number of ether oxygens (including phenoxy) is 1. The van der Waals surface area contributed by atoms with Gasteiger partial charge in [-0.2, -0.15) is 0 Å². The van der Waals surface area contributed by atoms with Crippen molar-refractivity contribution in [1.82, 2.24) is 15.2 Å². The molecule has 0 spiro atoms. The van der Waals surface area contributed by atoms with Gasteiger partial charge in [0.1, 0.15) is 0 Å². The van der Waals surface area contributed by atoms with Crippen LogP contribution in [0.3, 0.4) is 0 Å². The second-order valence-electron chi connectivity index (χ2n) is 6.06. The van der Waals surface area contributed by atoms with Crippen LogP contribution < -0.4 is 10.6 Å². The maximum Gasteiger partial charge on any atom is 0.191 e. The van der Waals surface area contributed by atoms with E-state index in [1.54, 1.807) is 7.11 Å². The molecule has 1 saturated carbocycles. The van der Waals surface area contributed by atoms with Crippen LogP contribution in [0.4, 0.5) is 0 Å². The van der Waals surface area contributed by atoms with E-state index in [4.69, 9.17) is 4.74 Å². The van der Waals surface area contributed by atoms with Crippen molar-refractivity contribution in [3.8, 4) is 0 Å². The zero-order valence-electron chi connectivity index (χ0n) is 13.5. The lowest BCUT2D eigenvalue weighted by Crippen LogP contribution is -2.46. The molecule has 0 aromatic carbocycles. The molecule has 0 atom stereocenters. The number of hydrogen-bond donors (Lipinski definition) is 2. The molecule has 0 bridgehead atoms. The number of guanidine groups is 1. The fourth-order valence-corrected chi connectivity index (χ4v) is 2.85. The highest BCUT2D eigenvalue weighted by Gasteiger charge is 2.36. The minimum atomic E-state index is 0.403. The fourth-order valence-electron chi connectivity index (χ4n) is 2.85. The predicted molar refractivity (Wildman–Crippen MR) is 86.4 cm³/mol. The van der Waals surface area contributed by atoms with Crippen molar-refractivity contribution in [3.05, 3.63) is 24.0 Å². The predicted octanol–water partition coefficient (Wildman–Crippen LogP) is 1.90. The molecule has 1 aliphatic carbocycles. The lowest BCUT2D eigenvalue weighted by Gasteiger charge is -2.42. The summed E-state index contributed by atoms with van der Waals surface area (Å²) in [4.78, 5) is 4.31. The van der Waals surface area contributed by atoms with Crippen molar-refractivity contribution in [2.24, 2.45) is 17.5 Å². The number of nitrogens with one attached hydrogen (secondary N) is 2. The van der Waals surface area contributed by atoms with Gasteiger partial charge in [-0.1, -0.05) is 6.42 Å². The highest BCUT2D eigenvalue weighted by molar-refractivity contribution is 5.79.